The van der Waals surface area contributed by atoms with E-state index in [1.54, 1.807) is 30.3 Å². The fourth-order valence-corrected chi connectivity index (χ4v) is 1.70. The van der Waals surface area contributed by atoms with Crippen molar-refractivity contribution in [2.24, 2.45) is 0 Å². The zero-order valence-corrected chi connectivity index (χ0v) is 11.0. The molecule has 0 aromatic heterocycles. The second kappa shape index (κ2) is 6.74. The highest BCUT2D eigenvalue weighted by Gasteiger charge is 2.01. The van der Waals surface area contributed by atoms with Gasteiger partial charge in [-0.2, -0.15) is 0 Å². The van der Waals surface area contributed by atoms with Crippen LogP contribution in [-0.4, -0.2) is 0 Å². The number of para-hydroxylation sites is 1. The Morgan fingerprint density at radius 1 is 1.00 bits per heavy atom. The Kier molecular flexibility index (Phi) is 4.73. The Morgan fingerprint density at radius 3 is 2.26 bits per heavy atom. The fraction of sp³-hybridized carbons (Fsp3) is 0.176. The molecule has 0 aliphatic carbocycles. The molecule has 0 aliphatic rings. The van der Waals surface area contributed by atoms with Crippen molar-refractivity contribution in [3.63, 3.8) is 0 Å². The highest BCUT2D eigenvalue weighted by atomic mass is 19.1. The minimum absolute atomic E-state index is 0.173. The van der Waals surface area contributed by atoms with Gasteiger partial charge >= 0.3 is 0 Å². The molecule has 98 valence electrons. The molecule has 0 heterocycles. The number of rotatable bonds is 5. The summed E-state index contributed by atoms with van der Waals surface area (Å²) < 4.78 is 19.4. The number of benzene rings is 2. The normalized spacial score (nSPS) is 11.4. The molecule has 0 fully saturated rings. The summed E-state index contributed by atoms with van der Waals surface area (Å²) in [4.78, 5) is 0. The summed E-state index contributed by atoms with van der Waals surface area (Å²) in [7, 11) is 0. The zero-order chi connectivity index (χ0) is 13.5. The quantitative estimate of drug-likeness (QED) is 0.677. The smallest absolute Gasteiger partial charge is 0.127 e. The van der Waals surface area contributed by atoms with E-state index in [1.807, 2.05) is 37.3 Å². The summed E-state index contributed by atoms with van der Waals surface area (Å²) in [5.74, 6) is 1.31. The molecule has 0 spiro atoms. The van der Waals surface area contributed by atoms with E-state index >= 15 is 0 Å². The first-order valence-electron chi connectivity index (χ1n) is 6.48. The van der Waals surface area contributed by atoms with Crippen LogP contribution in [-0.2, 0) is 0 Å². The van der Waals surface area contributed by atoms with Gasteiger partial charge in [-0.25, -0.2) is 4.39 Å². The van der Waals surface area contributed by atoms with Crippen LogP contribution in [0.15, 0.2) is 60.7 Å². The molecule has 1 nitrogen and oxygen atoms in total. The Bertz CT molecular complexity index is 529. The van der Waals surface area contributed by atoms with E-state index in [1.165, 1.54) is 0 Å². The van der Waals surface area contributed by atoms with Gasteiger partial charge in [0.1, 0.15) is 17.3 Å². The third kappa shape index (κ3) is 3.95. The third-order valence-corrected chi connectivity index (χ3v) is 2.72. The second-order valence-electron chi connectivity index (χ2n) is 4.28. The lowest BCUT2D eigenvalue weighted by Gasteiger charge is -2.06. The summed E-state index contributed by atoms with van der Waals surface area (Å²) in [6.45, 7) is 2.03. The van der Waals surface area contributed by atoms with Crippen molar-refractivity contribution in [2.75, 3.05) is 0 Å². The molecule has 0 radical (unpaired) electrons. The van der Waals surface area contributed by atoms with Crippen LogP contribution in [0.4, 0.5) is 4.39 Å². The van der Waals surface area contributed by atoms with E-state index in [9.17, 15) is 4.39 Å². The number of halogens is 1. The van der Waals surface area contributed by atoms with Gasteiger partial charge in [-0.3, -0.25) is 0 Å². The number of allylic oxidation sites excluding steroid dienone is 1. The van der Waals surface area contributed by atoms with Crippen molar-refractivity contribution >= 4 is 5.83 Å². The van der Waals surface area contributed by atoms with Crippen LogP contribution in [0, 0.1) is 0 Å². The molecule has 19 heavy (non-hydrogen) atoms. The van der Waals surface area contributed by atoms with Crippen LogP contribution < -0.4 is 4.74 Å². The predicted molar refractivity (Wildman–Crippen MR) is 77.0 cm³/mol. The van der Waals surface area contributed by atoms with Crippen LogP contribution in [0.2, 0.25) is 0 Å². The van der Waals surface area contributed by atoms with Crippen LogP contribution >= 0.6 is 0 Å². The number of hydrogen-bond donors (Lipinski definition) is 0. The van der Waals surface area contributed by atoms with Crippen LogP contribution in [0.1, 0.15) is 25.3 Å². The van der Waals surface area contributed by atoms with Gasteiger partial charge in [-0.05, 0) is 48.9 Å². The predicted octanol–water partition coefficient (Wildman–Crippen LogP) is 5.59. The highest BCUT2D eigenvalue weighted by molar-refractivity contribution is 5.59. The molecule has 0 amide bonds. The van der Waals surface area contributed by atoms with Crippen molar-refractivity contribution in [2.45, 2.75) is 19.8 Å². The molecular formula is C17H17FO. The Labute approximate surface area is 113 Å². The number of unbranched alkanes of at least 4 members (excludes halogenated alkanes) is 1. The maximum atomic E-state index is 13.7. The average molecular weight is 256 g/mol. The van der Waals surface area contributed by atoms with Crippen molar-refractivity contribution in [3.8, 4) is 11.5 Å². The van der Waals surface area contributed by atoms with Gasteiger partial charge in [0.25, 0.3) is 0 Å². The summed E-state index contributed by atoms with van der Waals surface area (Å²) in [5, 5.41) is 0. The molecule has 0 N–H and O–H groups in total. The maximum Gasteiger partial charge on any atom is 0.127 e. The third-order valence-electron chi connectivity index (χ3n) is 2.72. The summed E-state index contributed by atoms with van der Waals surface area (Å²) in [6.07, 6.45) is 3.32. The van der Waals surface area contributed by atoms with Gasteiger partial charge in [0, 0.05) is 5.56 Å². The van der Waals surface area contributed by atoms with Gasteiger partial charge in [0.05, 0.1) is 0 Å². The van der Waals surface area contributed by atoms with Gasteiger partial charge in [-0.15, -0.1) is 0 Å². The summed E-state index contributed by atoms with van der Waals surface area (Å²) >= 11 is 0. The van der Waals surface area contributed by atoms with Crippen molar-refractivity contribution in [1.82, 2.24) is 0 Å². The van der Waals surface area contributed by atoms with Crippen LogP contribution in [0.5, 0.6) is 11.5 Å². The first-order valence-corrected chi connectivity index (χ1v) is 6.48. The molecule has 2 rings (SSSR count). The molecule has 0 saturated heterocycles. The molecule has 0 atom stereocenters. The van der Waals surface area contributed by atoms with Crippen LogP contribution in [0.25, 0.3) is 5.83 Å². The first kappa shape index (κ1) is 13.3. The van der Waals surface area contributed by atoms with E-state index < -0.39 is 0 Å². The summed E-state index contributed by atoms with van der Waals surface area (Å²) in [5.41, 5.74) is 0.592. The topological polar surface area (TPSA) is 9.23 Å². The van der Waals surface area contributed by atoms with E-state index in [0.717, 1.165) is 18.6 Å². The molecule has 2 aromatic carbocycles. The van der Waals surface area contributed by atoms with Crippen LogP contribution in [0.3, 0.4) is 0 Å². The fourth-order valence-electron chi connectivity index (χ4n) is 1.70. The molecule has 2 aromatic rings. The second-order valence-corrected chi connectivity index (χ2v) is 4.28. The first-order chi connectivity index (χ1) is 9.29. The van der Waals surface area contributed by atoms with Gasteiger partial charge < -0.3 is 4.74 Å². The van der Waals surface area contributed by atoms with E-state index in [4.69, 9.17) is 4.74 Å². The van der Waals surface area contributed by atoms with Crippen molar-refractivity contribution in [3.05, 3.63) is 66.2 Å². The lowest BCUT2D eigenvalue weighted by Crippen LogP contribution is -1.84. The van der Waals surface area contributed by atoms with Gasteiger partial charge in [-0.1, -0.05) is 31.5 Å². The SMILES string of the molecule is CCC/C=C(\F)c1ccc(Oc2ccccc2)cc1. The molecule has 0 aliphatic heterocycles. The highest BCUT2D eigenvalue weighted by Crippen LogP contribution is 2.24. The standard InChI is InChI=1S/C17H17FO/c1-2-3-9-17(18)14-10-12-16(13-11-14)19-15-7-5-4-6-8-15/h4-13H,2-3H2,1H3/b17-9-. The maximum absolute atomic E-state index is 13.7. The van der Waals surface area contributed by atoms with Gasteiger partial charge in [0.2, 0.25) is 0 Å². The summed E-state index contributed by atoms with van der Waals surface area (Å²) in [6, 6.07) is 16.6. The van der Waals surface area contributed by atoms with E-state index in [0.29, 0.717) is 11.3 Å². The minimum Gasteiger partial charge on any atom is -0.457 e. The Morgan fingerprint density at radius 2 is 1.63 bits per heavy atom. The Balaban J connectivity index is 2.06. The zero-order valence-electron chi connectivity index (χ0n) is 11.0. The minimum atomic E-state index is -0.173. The molecule has 2 heteroatoms. The average Bonchev–Trinajstić information content (AvgIpc) is 2.46. The molecule has 0 unspecified atom stereocenters. The monoisotopic (exact) mass is 256 g/mol. The van der Waals surface area contributed by atoms with E-state index in [2.05, 4.69) is 0 Å². The molecule has 0 saturated carbocycles. The lowest BCUT2D eigenvalue weighted by atomic mass is 10.1. The molecule has 0 bridgehead atoms. The lowest BCUT2D eigenvalue weighted by molar-refractivity contribution is 0.482. The van der Waals surface area contributed by atoms with E-state index in [-0.39, 0.29) is 5.83 Å². The largest absolute Gasteiger partial charge is 0.457 e. The number of hydrogen-bond acceptors (Lipinski definition) is 1. The van der Waals surface area contributed by atoms with Gasteiger partial charge in [0.15, 0.2) is 0 Å². The van der Waals surface area contributed by atoms with Crippen molar-refractivity contribution < 1.29 is 9.13 Å². The number of ether oxygens (including phenoxy) is 1. The molecular weight excluding hydrogens is 239 g/mol. The Hall–Kier alpha value is -2.09. The van der Waals surface area contributed by atoms with Crippen molar-refractivity contribution in [1.29, 1.82) is 0 Å².